The lowest BCUT2D eigenvalue weighted by atomic mass is 10.1. The van der Waals surface area contributed by atoms with Crippen molar-refractivity contribution in [3.63, 3.8) is 0 Å². The maximum atomic E-state index is 15.7. The first-order valence-electron chi connectivity index (χ1n) is 12.8. The first-order chi connectivity index (χ1) is 19.1. The summed E-state index contributed by atoms with van der Waals surface area (Å²) < 4.78 is 21.1. The molecule has 7 heteroatoms. The van der Waals surface area contributed by atoms with Crippen molar-refractivity contribution in [3.05, 3.63) is 138 Å². The molecule has 1 saturated heterocycles. The van der Waals surface area contributed by atoms with Crippen molar-refractivity contribution in [2.75, 3.05) is 26.3 Å². The molecule has 39 heavy (non-hydrogen) atoms. The molecule has 1 N–H and O–H groups in total. The molecule has 0 aromatic heterocycles. The third kappa shape index (κ3) is 5.63. The van der Waals surface area contributed by atoms with Crippen molar-refractivity contribution in [2.24, 2.45) is 0 Å². The molecule has 1 heterocycles. The quantitative estimate of drug-likeness (QED) is 0.276. The molecule has 0 spiro atoms. The summed E-state index contributed by atoms with van der Waals surface area (Å²) in [5.74, 6) is -0.846. The van der Waals surface area contributed by atoms with Crippen molar-refractivity contribution < 1.29 is 18.9 Å². The van der Waals surface area contributed by atoms with Crippen molar-refractivity contribution in [1.29, 1.82) is 0 Å². The van der Waals surface area contributed by atoms with E-state index in [1.54, 1.807) is 29.2 Å². The fraction of sp³-hybridized carbons (Fsp3) is 0.125. The fourth-order valence-electron chi connectivity index (χ4n) is 4.68. The topological polar surface area (TPSA) is 75.7 Å². The lowest BCUT2D eigenvalue weighted by Gasteiger charge is -2.31. The number of benzene rings is 4. The van der Waals surface area contributed by atoms with Gasteiger partial charge in [-0.1, -0.05) is 109 Å². The van der Waals surface area contributed by atoms with E-state index in [2.05, 4.69) is 5.32 Å². The summed E-state index contributed by atoms with van der Waals surface area (Å²) in [6.45, 7) is 1.52. The first-order valence-corrected chi connectivity index (χ1v) is 14.5. The van der Waals surface area contributed by atoms with Crippen LogP contribution in [-0.2, 0) is 14.1 Å². The van der Waals surface area contributed by atoms with Crippen LogP contribution >= 0.6 is 7.14 Å². The number of hydrogen-bond acceptors (Lipinski definition) is 4. The number of nitrogens with zero attached hydrogens (tertiary/aromatic N) is 1. The van der Waals surface area contributed by atoms with E-state index in [1.165, 1.54) is 0 Å². The van der Waals surface area contributed by atoms with Gasteiger partial charge in [-0.05, 0) is 17.7 Å². The van der Waals surface area contributed by atoms with Crippen LogP contribution in [0.25, 0.3) is 5.31 Å². The molecule has 0 saturated carbocycles. The molecule has 4 aromatic carbocycles. The molecule has 1 aliphatic heterocycles. The van der Waals surface area contributed by atoms with Crippen LogP contribution in [0, 0.1) is 0 Å². The molecule has 6 nitrogen and oxygen atoms in total. The summed E-state index contributed by atoms with van der Waals surface area (Å²) in [6.07, 6.45) is 0. The van der Waals surface area contributed by atoms with E-state index in [9.17, 15) is 9.59 Å². The minimum Gasteiger partial charge on any atom is -0.378 e. The smallest absolute Gasteiger partial charge is 0.271 e. The standard InChI is InChI=1S/C32H29N2O4P/c35-31(26-15-7-2-8-16-26)33-29(32(36)34-21-23-38-24-22-34)30(25-13-5-1-6-14-25)39(37,27-17-9-3-10-18-27)28-19-11-4-12-20-28/h1-20H,21-24H2,(H,33,35). The molecule has 0 atom stereocenters. The first kappa shape index (κ1) is 26.4. The van der Waals surface area contributed by atoms with Crippen LogP contribution in [0.15, 0.2) is 127 Å². The van der Waals surface area contributed by atoms with Crippen LogP contribution < -0.4 is 15.9 Å². The number of carbonyl (C=O) groups is 2. The van der Waals surface area contributed by atoms with Crippen molar-refractivity contribution in [1.82, 2.24) is 10.2 Å². The highest BCUT2D eigenvalue weighted by Crippen LogP contribution is 2.57. The van der Waals surface area contributed by atoms with Crippen molar-refractivity contribution in [2.45, 2.75) is 0 Å². The highest BCUT2D eigenvalue weighted by molar-refractivity contribution is 7.87. The normalized spacial score (nSPS) is 14.3. The van der Waals surface area contributed by atoms with E-state index >= 15 is 4.57 Å². The highest BCUT2D eigenvalue weighted by atomic mass is 31.2. The van der Waals surface area contributed by atoms with E-state index < -0.39 is 19.0 Å². The van der Waals surface area contributed by atoms with Gasteiger partial charge in [-0.25, -0.2) is 0 Å². The average Bonchev–Trinajstić information content (AvgIpc) is 3.02. The van der Waals surface area contributed by atoms with Gasteiger partial charge in [-0.2, -0.15) is 0 Å². The molecule has 196 valence electrons. The maximum Gasteiger partial charge on any atom is 0.271 e. The highest BCUT2D eigenvalue weighted by Gasteiger charge is 2.39. The molecule has 0 bridgehead atoms. The van der Waals surface area contributed by atoms with Crippen LogP contribution in [0.5, 0.6) is 0 Å². The number of rotatable bonds is 7. The average molecular weight is 537 g/mol. The van der Waals surface area contributed by atoms with Gasteiger partial charge in [0.05, 0.1) is 18.5 Å². The molecule has 1 aliphatic rings. The van der Waals surface area contributed by atoms with Crippen LogP contribution in [0.3, 0.4) is 0 Å². The lowest BCUT2D eigenvalue weighted by Crippen LogP contribution is -2.45. The third-order valence-corrected chi connectivity index (χ3v) is 9.79. The number of ether oxygens (including phenoxy) is 1. The Morgan fingerprint density at radius 1 is 0.641 bits per heavy atom. The van der Waals surface area contributed by atoms with Crippen LogP contribution in [-0.4, -0.2) is 43.0 Å². The van der Waals surface area contributed by atoms with Gasteiger partial charge in [0, 0.05) is 29.3 Å². The lowest BCUT2D eigenvalue weighted by molar-refractivity contribution is -0.131. The molecule has 1 fully saturated rings. The van der Waals surface area contributed by atoms with Gasteiger partial charge in [0.1, 0.15) is 5.70 Å². The van der Waals surface area contributed by atoms with E-state index in [1.807, 2.05) is 97.1 Å². The monoisotopic (exact) mass is 536 g/mol. The van der Waals surface area contributed by atoms with Gasteiger partial charge in [0.15, 0.2) is 7.14 Å². The molecule has 2 amide bonds. The largest absolute Gasteiger partial charge is 0.378 e. The predicted octanol–water partition coefficient (Wildman–Crippen LogP) is 4.66. The van der Waals surface area contributed by atoms with Crippen molar-refractivity contribution in [3.8, 4) is 0 Å². The molecule has 0 radical (unpaired) electrons. The fourth-order valence-corrected chi connectivity index (χ4v) is 7.65. The second-order valence-electron chi connectivity index (χ2n) is 9.09. The van der Waals surface area contributed by atoms with Crippen LogP contribution in [0.1, 0.15) is 15.9 Å². The number of carbonyl (C=O) groups excluding carboxylic acids is 2. The summed E-state index contributed by atoms with van der Waals surface area (Å²) in [5.41, 5.74) is 0.998. The Balaban J connectivity index is 1.82. The van der Waals surface area contributed by atoms with Gasteiger partial charge in [-0.15, -0.1) is 0 Å². The Morgan fingerprint density at radius 3 is 1.56 bits per heavy atom. The Labute approximate surface area is 228 Å². The SMILES string of the molecule is O=C(NC(C(=O)N1CCOCC1)=C(c1ccccc1)P(=O)(c1ccccc1)c1ccccc1)c1ccccc1. The molecule has 5 rings (SSSR count). The van der Waals surface area contributed by atoms with E-state index in [0.717, 1.165) is 0 Å². The minimum absolute atomic E-state index is 0.00740. The Kier molecular flexibility index (Phi) is 8.16. The minimum atomic E-state index is -3.68. The maximum absolute atomic E-state index is 15.7. The summed E-state index contributed by atoms with van der Waals surface area (Å²) in [4.78, 5) is 29.5. The number of nitrogens with one attached hydrogen (secondary N) is 1. The van der Waals surface area contributed by atoms with Crippen LogP contribution in [0.4, 0.5) is 0 Å². The second kappa shape index (κ2) is 12.1. The van der Waals surface area contributed by atoms with Gasteiger partial charge in [-0.3, -0.25) is 9.59 Å². The Bertz CT molecular complexity index is 1460. The summed E-state index contributed by atoms with van der Waals surface area (Å²) in [7, 11) is -3.68. The zero-order chi connectivity index (χ0) is 27.1. The molecule has 0 unspecified atom stereocenters. The van der Waals surface area contributed by atoms with E-state index in [4.69, 9.17) is 4.74 Å². The van der Waals surface area contributed by atoms with E-state index in [0.29, 0.717) is 53.4 Å². The Hall–Kier alpha value is -4.25. The zero-order valence-electron chi connectivity index (χ0n) is 21.4. The predicted molar refractivity (Wildman–Crippen MR) is 154 cm³/mol. The number of morpholine rings is 1. The summed E-state index contributed by atoms with van der Waals surface area (Å²) in [5, 5.41) is 4.34. The second-order valence-corrected chi connectivity index (χ2v) is 11.8. The summed E-state index contributed by atoms with van der Waals surface area (Å²) >= 11 is 0. The zero-order valence-corrected chi connectivity index (χ0v) is 22.3. The third-order valence-electron chi connectivity index (χ3n) is 6.63. The Morgan fingerprint density at radius 2 is 1.08 bits per heavy atom. The number of amides is 2. The molecule has 4 aromatic rings. The van der Waals surface area contributed by atoms with Gasteiger partial charge < -0.3 is 19.5 Å². The molecule has 0 aliphatic carbocycles. The molecular formula is C32H29N2O4P. The van der Waals surface area contributed by atoms with Crippen molar-refractivity contribution >= 4 is 34.9 Å². The van der Waals surface area contributed by atoms with Gasteiger partial charge in [0.2, 0.25) is 0 Å². The molecular weight excluding hydrogens is 507 g/mol. The summed E-state index contributed by atoms with van der Waals surface area (Å²) in [6, 6.07) is 36.2. The van der Waals surface area contributed by atoms with Crippen LogP contribution in [0.2, 0.25) is 0 Å². The van der Waals surface area contributed by atoms with E-state index in [-0.39, 0.29) is 5.70 Å². The van der Waals surface area contributed by atoms with Gasteiger partial charge >= 0.3 is 0 Å². The number of hydrogen-bond donors (Lipinski definition) is 1. The van der Waals surface area contributed by atoms with Gasteiger partial charge in [0.25, 0.3) is 11.8 Å².